The first kappa shape index (κ1) is 33.1. The van der Waals surface area contributed by atoms with Crippen LogP contribution in [-0.4, -0.2) is 92.1 Å². The van der Waals surface area contributed by atoms with Crippen molar-refractivity contribution in [1.82, 2.24) is 10.6 Å². The molecule has 0 aliphatic heterocycles. The summed E-state index contributed by atoms with van der Waals surface area (Å²) in [6.45, 7) is 5.60. The van der Waals surface area contributed by atoms with E-state index in [0.29, 0.717) is 0 Å². The fraction of sp³-hybridized carbons (Fsp3) is 0.714. The summed E-state index contributed by atoms with van der Waals surface area (Å²) in [5.41, 5.74) is 9.23. The molecule has 0 aromatic heterocycles. The normalized spacial score (nSPS) is 13.2. The van der Waals surface area contributed by atoms with Crippen LogP contribution in [0.25, 0.3) is 0 Å². The molecule has 4 unspecified atom stereocenters. The fourth-order valence-electron chi connectivity index (χ4n) is 0.474. The molecule has 0 bridgehead atoms. The van der Waals surface area contributed by atoms with Gasteiger partial charge in [0.15, 0.2) is 0 Å². The Bertz CT molecular complexity index is 442. The molecule has 0 aromatic carbocycles. The number of primary amides is 2. The molecule has 0 saturated heterocycles. The van der Waals surface area contributed by atoms with E-state index in [1.54, 1.807) is 12.2 Å². The minimum absolute atomic E-state index is 0.139. The summed E-state index contributed by atoms with van der Waals surface area (Å²) in [5.74, 6) is -1.97. The number of rotatable bonds is 5. The highest BCUT2D eigenvalue weighted by Gasteiger charge is 2.09. The Morgan fingerprint density at radius 1 is 0.821 bits per heavy atom. The van der Waals surface area contributed by atoms with E-state index in [1.165, 1.54) is 20.8 Å². The SMILES string of the molecule is CC(O)C(=O)NC(N)=O.CC(O)C(=O)O.CC(O)CNC(N)=O.CC(O)CO. The number of carbonyl (C=O) groups excluding carboxylic acids is 3. The number of hydrogen-bond donors (Lipinski definition) is 10. The first-order valence-corrected chi connectivity index (χ1v) is 7.77. The van der Waals surface area contributed by atoms with Gasteiger partial charge in [-0.25, -0.2) is 14.4 Å². The zero-order valence-corrected chi connectivity index (χ0v) is 16.2. The third-order valence-corrected chi connectivity index (χ3v) is 1.82. The van der Waals surface area contributed by atoms with Crippen molar-refractivity contribution in [2.75, 3.05) is 13.2 Å². The Kier molecular flexibility index (Phi) is 24.6. The van der Waals surface area contributed by atoms with Crippen molar-refractivity contribution in [3.8, 4) is 0 Å². The van der Waals surface area contributed by atoms with Crippen LogP contribution in [0.5, 0.6) is 0 Å². The van der Waals surface area contributed by atoms with Gasteiger partial charge in [0.25, 0.3) is 5.91 Å². The second-order valence-corrected chi connectivity index (χ2v) is 5.17. The number of nitrogens with two attached hydrogens (primary N) is 2. The van der Waals surface area contributed by atoms with E-state index < -0.39 is 48.4 Å². The molecule has 14 heteroatoms. The van der Waals surface area contributed by atoms with Gasteiger partial charge in [-0.1, -0.05) is 0 Å². The van der Waals surface area contributed by atoms with Gasteiger partial charge in [0.05, 0.1) is 18.8 Å². The quantitative estimate of drug-likeness (QED) is 0.210. The number of carboxylic acid groups (broad SMARTS) is 1. The molecule has 0 radical (unpaired) electrons. The smallest absolute Gasteiger partial charge is 0.332 e. The minimum Gasteiger partial charge on any atom is -0.479 e. The van der Waals surface area contributed by atoms with Crippen LogP contribution in [0.4, 0.5) is 9.59 Å². The van der Waals surface area contributed by atoms with Gasteiger partial charge in [-0.15, -0.1) is 0 Å². The lowest BCUT2D eigenvalue weighted by Crippen LogP contribution is -2.40. The standard InChI is InChI=1S/C4H8N2O3.C4H10N2O2.C3H6O3.C3H8O2/c1-2(7)3(8)6-4(5)9;1-3(7)2-6-4(5)8;1-2(4)3(5)6;1-3(5)2-4/h2,7H,1H3,(H3,5,6,8,9);3,7H,2H2,1H3,(H3,5,6,8);2,4H,1H3,(H,5,6);3-5H,2H2,1H3. The Balaban J connectivity index is -0.000000141. The summed E-state index contributed by atoms with van der Waals surface area (Å²) >= 11 is 0. The highest BCUT2D eigenvalue weighted by Crippen LogP contribution is 1.76. The summed E-state index contributed by atoms with van der Waals surface area (Å²) in [4.78, 5) is 39.5. The lowest BCUT2D eigenvalue weighted by molar-refractivity contribution is -0.145. The monoisotopic (exact) mass is 416 g/mol. The van der Waals surface area contributed by atoms with E-state index in [0.717, 1.165) is 0 Å². The number of amides is 5. The average Bonchev–Trinajstić information content (AvgIpc) is 2.53. The van der Waals surface area contributed by atoms with Gasteiger partial charge in [0, 0.05) is 6.54 Å². The van der Waals surface area contributed by atoms with Gasteiger partial charge in [-0.3, -0.25) is 10.1 Å². The number of aliphatic hydroxyl groups excluding tert-OH is 5. The topological polar surface area (TPSA) is 266 Å². The predicted octanol–water partition coefficient (Wildman–Crippen LogP) is -3.59. The van der Waals surface area contributed by atoms with Crippen molar-refractivity contribution in [3.63, 3.8) is 0 Å². The van der Waals surface area contributed by atoms with Crippen LogP contribution in [0.2, 0.25) is 0 Å². The number of hydrogen-bond acceptors (Lipinski definition) is 9. The van der Waals surface area contributed by atoms with E-state index >= 15 is 0 Å². The molecule has 4 atom stereocenters. The Labute approximate surface area is 162 Å². The van der Waals surface area contributed by atoms with Crippen LogP contribution in [0.1, 0.15) is 27.7 Å². The van der Waals surface area contributed by atoms with E-state index in [2.05, 4.69) is 16.8 Å². The van der Waals surface area contributed by atoms with Crippen LogP contribution in [0.3, 0.4) is 0 Å². The number of aliphatic hydroxyl groups is 5. The summed E-state index contributed by atoms with van der Waals surface area (Å²) in [5, 5.41) is 52.7. The summed E-state index contributed by atoms with van der Waals surface area (Å²) in [7, 11) is 0. The van der Waals surface area contributed by atoms with Gasteiger partial charge in [-0.05, 0) is 27.7 Å². The van der Waals surface area contributed by atoms with Crippen LogP contribution >= 0.6 is 0 Å². The molecule has 5 amide bonds. The van der Waals surface area contributed by atoms with Crippen molar-refractivity contribution in [3.05, 3.63) is 0 Å². The van der Waals surface area contributed by atoms with Crippen LogP contribution in [0.15, 0.2) is 0 Å². The number of nitrogens with one attached hydrogen (secondary N) is 2. The third kappa shape index (κ3) is 43.7. The molecule has 0 aromatic rings. The van der Waals surface area contributed by atoms with Gasteiger partial charge in [0.2, 0.25) is 0 Å². The van der Waals surface area contributed by atoms with Gasteiger partial charge < -0.3 is 47.4 Å². The lowest BCUT2D eigenvalue weighted by Gasteiger charge is -2.01. The largest absolute Gasteiger partial charge is 0.479 e. The Morgan fingerprint density at radius 3 is 1.25 bits per heavy atom. The third-order valence-electron chi connectivity index (χ3n) is 1.82. The number of imide groups is 1. The lowest BCUT2D eigenvalue weighted by atomic mass is 10.4. The first-order valence-electron chi connectivity index (χ1n) is 7.77. The maximum atomic E-state index is 10.3. The molecule has 0 spiro atoms. The van der Waals surface area contributed by atoms with Gasteiger partial charge in [0.1, 0.15) is 12.2 Å². The second-order valence-electron chi connectivity index (χ2n) is 5.17. The van der Waals surface area contributed by atoms with Crippen molar-refractivity contribution < 1.29 is 49.8 Å². The van der Waals surface area contributed by atoms with Crippen LogP contribution in [-0.2, 0) is 9.59 Å². The highest BCUT2D eigenvalue weighted by molar-refractivity contribution is 5.95. The van der Waals surface area contributed by atoms with E-state index in [4.69, 9.17) is 30.6 Å². The van der Waals surface area contributed by atoms with Gasteiger partial charge >= 0.3 is 18.0 Å². The van der Waals surface area contributed by atoms with Crippen LogP contribution < -0.4 is 22.1 Å². The number of aliphatic carboxylic acids is 1. The van der Waals surface area contributed by atoms with Crippen molar-refractivity contribution in [2.24, 2.45) is 11.5 Å². The summed E-state index contributed by atoms with van der Waals surface area (Å²) in [6, 6.07) is -1.56. The minimum atomic E-state index is -1.23. The maximum Gasteiger partial charge on any atom is 0.332 e. The molecule has 168 valence electrons. The number of carboxylic acids is 1. The van der Waals surface area contributed by atoms with Crippen molar-refractivity contribution in [2.45, 2.75) is 52.1 Å². The van der Waals surface area contributed by atoms with Crippen molar-refractivity contribution >= 4 is 23.9 Å². The Hall–Kier alpha value is -2.52. The Morgan fingerprint density at radius 2 is 1.18 bits per heavy atom. The molecule has 0 heterocycles. The second kappa shape index (κ2) is 20.8. The average molecular weight is 416 g/mol. The van der Waals surface area contributed by atoms with Crippen LogP contribution in [0, 0.1) is 0 Å². The first-order chi connectivity index (χ1) is 12.6. The molecule has 0 rings (SSSR count). The molecule has 0 fully saturated rings. The zero-order valence-electron chi connectivity index (χ0n) is 16.2. The molecule has 0 aliphatic carbocycles. The predicted molar refractivity (Wildman–Crippen MR) is 96.8 cm³/mol. The number of carbonyl (C=O) groups is 4. The van der Waals surface area contributed by atoms with E-state index in [-0.39, 0.29) is 13.2 Å². The molecular weight excluding hydrogens is 384 g/mol. The molecule has 12 N–H and O–H groups in total. The summed E-state index contributed by atoms with van der Waals surface area (Å²) < 4.78 is 0. The van der Waals surface area contributed by atoms with E-state index in [9.17, 15) is 19.2 Å². The molecule has 0 saturated carbocycles. The van der Waals surface area contributed by atoms with Gasteiger partial charge in [-0.2, -0.15) is 0 Å². The number of urea groups is 2. The maximum absolute atomic E-state index is 10.3. The van der Waals surface area contributed by atoms with E-state index in [1.807, 2.05) is 0 Å². The molecule has 14 nitrogen and oxygen atoms in total. The molecule has 0 aliphatic rings. The molecular formula is C14H32N4O10. The highest BCUT2D eigenvalue weighted by atomic mass is 16.4. The van der Waals surface area contributed by atoms with Crippen molar-refractivity contribution in [1.29, 1.82) is 0 Å². The molecule has 28 heavy (non-hydrogen) atoms. The summed E-state index contributed by atoms with van der Waals surface area (Å²) in [6.07, 6.45) is -3.51. The zero-order chi connectivity index (χ0) is 23.4. The fourth-order valence-corrected chi connectivity index (χ4v) is 0.474.